The average Bonchev–Trinajstić information content (AvgIpc) is 3.13. The number of nitrogens with zero attached hydrogens (tertiary/aromatic N) is 5. The van der Waals surface area contributed by atoms with Crippen LogP contribution < -0.4 is 15.6 Å². The summed E-state index contributed by atoms with van der Waals surface area (Å²) < 4.78 is 0.0746. The number of amides is 1. The highest BCUT2D eigenvalue weighted by atomic mass is 16.1. The molecule has 1 unspecified atom stereocenters. The molecule has 1 amide bonds. The number of aromatic amines is 1. The number of aliphatic imine (C=N–C) groups is 2. The smallest absolute Gasteiger partial charge is 0.287 e. The topological polar surface area (TPSA) is 121 Å². The van der Waals surface area contributed by atoms with Gasteiger partial charge in [-0.2, -0.15) is 10.1 Å². The van der Waals surface area contributed by atoms with Gasteiger partial charge in [0, 0.05) is 5.69 Å². The van der Waals surface area contributed by atoms with Gasteiger partial charge in [0.05, 0.1) is 17.8 Å². The minimum atomic E-state index is -0.484. The number of hydrogen-bond donors (Lipinski definition) is 3. The molecule has 5 rings (SSSR count). The molecule has 1 fully saturated rings. The van der Waals surface area contributed by atoms with Gasteiger partial charge in [0.2, 0.25) is 11.6 Å². The second kappa shape index (κ2) is 5.45. The molecule has 0 saturated heterocycles. The van der Waals surface area contributed by atoms with Crippen LogP contribution in [0.3, 0.4) is 0 Å². The van der Waals surface area contributed by atoms with E-state index in [1.54, 1.807) is 24.8 Å². The van der Waals surface area contributed by atoms with Crippen LogP contribution >= 0.6 is 0 Å². The lowest BCUT2D eigenvalue weighted by Crippen LogP contribution is -2.44. The molecule has 1 atom stereocenters. The van der Waals surface area contributed by atoms with E-state index in [4.69, 9.17) is 10.8 Å². The minimum Gasteiger partial charge on any atom is -0.369 e. The van der Waals surface area contributed by atoms with E-state index in [0.717, 1.165) is 29.8 Å². The number of benzene rings is 1. The van der Waals surface area contributed by atoms with E-state index in [2.05, 4.69) is 25.5 Å². The Labute approximate surface area is 154 Å². The fourth-order valence-electron chi connectivity index (χ4n) is 3.44. The molecule has 0 bridgehead atoms. The van der Waals surface area contributed by atoms with Crippen molar-refractivity contribution in [2.45, 2.75) is 18.3 Å². The number of nitrogens with one attached hydrogen (secondary N) is 2. The Bertz CT molecular complexity index is 1030. The number of nitrogens with two attached hydrogens (primary N) is 1. The number of quaternary nitrogens is 1. The van der Waals surface area contributed by atoms with Gasteiger partial charge in [0.1, 0.15) is 12.4 Å². The van der Waals surface area contributed by atoms with Crippen LogP contribution in [0.15, 0.2) is 64.1 Å². The lowest BCUT2D eigenvalue weighted by atomic mass is 9.95. The van der Waals surface area contributed by atoms with Crippen molar-refractivity contribution in [2.75, 3.05) is 5.32 Å². The first kappa shape index (κ1) is 15.6. The van der Waals surface area contributed by atoms with Gasteiger partial charge in [0.15, 0.2) is 6.20 Å². The van der Waals surface area contributed by atoms with Gasteiger partial charge in [-0.1, -0.05) is 16.7 Å². The summed E-state index contributed by atoms with van der Waals surface area (Å²) in [6.07, 6.45) is 10.3. The van der Waals surface area contributed by atoms with E-state index in [1.807, 2.05) is 30.5 Å². The Morgan fingerprint density at radius 3 is 2.74 bits per heavy atom. The molecule has 2 aliphatic heterocycles. The molecule has 1 aromatic carbocycles. The molecule has 1 saturated carbocycles. The molecule has 2 aromatic rings. The Balaban J connectivity index is 1.43. The summed E-state index contributed by atoms with van der Waals surface area (Å²) in [7, 11) is 0. The third-order valence-corrected chi connectivity index (χ3v) is 5.17. The number of guanidine groups is 1. The number of amidine groups is 1. The second-order valence-electron chi connectivity index (χ2n) is 6.76. The monoisotopic (exact) mass is 361 g/mol. The minimum absolute atomic E-state index is 0.0746. The fraction of sp³-hybridized carbons (Fsp3) is 0.167. The van der Waals surface area contributed by atoms with Gasteiger partial charge >= 0.3 is 0 Å². The zero-order chi connectivity index (χ0) is 18.5. The first-order valence-electron chi connectivity index (χ1n) is 8.58. The molecule has 4 N–H and O–H groups in total. The number of hydrogen-bond acceptors (Lipinski definition) is 6. The standard InChI is InChI=1S/C18H16N8O/c19-16(27)18(5-6-18)12-1-3-13(4-2-12)23-17-24-15-11-20-7-8-26(15,25-17)14-9-21-22-10-14/h1-4,7-11H,5-6H2,(H3-,19,21,22,23,25,27)/p+1. The molecule has 27 heavy (non-hydrogen) atoms. The van der Waals surface area contributed by atoms with E-state index in [1.165, 1.54) is 0 Å². The maximum Gasteiger partial charge on any atom is 0.287 e. The van der Waals surface area contributed by atoms with Crippen molar-refractivity contribution in [1.29, 1.82) is 0 Å². The van der Waals surface area contributed by atoms with Crippen molar-refractivity contribution < 1.29 is 4.79 Å². The van der Waals surface area contributed by atoms with E-state index < -0.39 is 5.41 Å². The third-order valence-electron chi connectivity index (χ3n) is 5.17. The van der Waals surface area contributed by atoms with Crippen molar-refractivity contribution in [3.05, 3.63) is 54.6 Å². The summed E-state index contributed by atoms with van der Waals surface area (Å²) in [5.74, 6) is 0.876. The summed E-state index contributed by atoms with van der Waals surface area (Å²) in [6, 6.07) is 7.67. The molecule has 3 heterocycles. The average molecular weight is 361 g/mol. The highest BCUT2D eigenvalue weighted by Crippen LogP contribution is 2.48. The van der Waals surface area contributed by atoms with Crippen LogP contribution in [0.5, 0.6) is 0 Å². The second-order valence-corrected chi connectivity index (χ2v) is 6.76. The van der Waals surface area contributed by atoms with Crippen LogP contribution in [-0.2, 0) is 10.2 Å². The van der Waals surface area contributed by atoms with Crippen molar-refractivity contribution in [1.82, 2.24) is 14.8 Å². The molecular weight excluding hydrogens is 344 g/mol. The zero-order valence-electron chi connectivity index (χ0n) is 14.3. The van der Waals surface area contributed by atoms with E-state index in [9.17, 15) is 4.79 Å². The molecular formula is C18H17N8O+. The SMILES string of the molecule is NC(=O)C1(c2ccc(NC3=N[N+]4(c5cn[nH]c5)C=CN=CC4=N3)cc2)CC1. The largest absolute Gasteiger partial charge is 0.369 e. The van der Waals surface area contributed by atoms with E-state index in [0.29, 0.717) is 11.8 Å². The van der Waals surface area contributed by atoms with Crippen molar-refractivity contribution in [2.24, 2.45) is 20.8 Å². The number of rotatable bonds is 4. The van der Waals surface area contributed by atoms with E-state index >= 15 is 0 Å². The van der Waals surface area contributed by atoms with Crippen LogP contribution in [0.4, 0.5) is 11.4 Å². The molecule has 9 heteroatoms. The number of aromatic nitrogens is 2. The van der Waals surface area contributed by atoms with E-state index in [-0.39, 0.29) is 10.5 Å². The van der Waals surface area contributed by atoms with Crippen LogP contribution in [0, 0.1) is 0 Å². The summed E-state index contributed by atoms with van der Waals surface area (Å²) in [4.78, 5) is 20.4. The van der Waals surface area contributed by atoms with Gasteiger partial charge < -0.3 is 11.1 Å². The molecule has 3 aliphatic rings. The van der Waals surface area contributed by atoms with Gasteiger partial charge in [-0.15, -0.1) is 0 Å². The lowest BCUT2D eigenvalue weighted by Gasteiger charge is -2.21. The quantitative estimate of drug-likeness (QED) is 0.717. The van der Waals surface area contributed by atoms with Gasteiger partial charge in [-0.25, -0.2) is 0 Å². The molecule has 0 radical (unpaired) electrons. The van der Waals surface area contributed by atoms with Gasteiger partial charge in [0.25, 0.3) is 11.8 Å². The normalized spacial score (nSPS) is 24.1. The Morgan fingerprint density at radius 2 is 2.07 bits per heavy atom. The molecule has 1 aliphatic carbocycles. The Kier molecular flexibility index (Phi) is 3.16. The van der Waals surface area contributed by atoms with Crippen molar-refractivity contribution >= 4 is 35.3 Å². The number of primary amides is 1. The first-order valence-corrected chi connectivity index (χ1v) is 8.58. The first-order chi connectivity index (χ1) is 13.1. The fourth-order valence-corrected chi connectivity index (χ4v) is 3.44. The molecule has 1 aromatic heterocycles. The predicted molar refractivity (Wildman–Crippen MR) is 103 cm³/mol. The highest BCUT2D eigenvalue weighted by Gasteiger charge is 2.50. The Hall–Kier alpha value is -3.59. The number of carbonyl (C=O) groups excluding carboxylic acids is 1. The highest BCUT2D eigenvalue weighted by molar-refractivity contribution is 6.38. The number of fused-ring (bicyclic) bond motifs is 1. The summed E-state index contributed by atoms with van der Waals surface area (Å²) in [6.45, 7) is 0. The third kappa shape index (κ3) is 2.32. The lowest BCUT2D eigenvalue weighted by molar-refractivity contribution is -0.120. The van der Waals surface area contributed by atoms with Crippen LogP contribution in [0.1, 0.15) is 18.4 Å². The molecule has 0 spiro atoms. The number of H-pyrrole nitrogens is 1. The summed E-state index contributed by atoms with van der Waals surface area (Å²) >= 11 is 0. The van der Waals surface area contributed by atoms with Crippen LogP contribution in [0.25, 0.3) is 0 Å². The number of carbonyl (C=O) groups is 1. The molecule has 134 valence electrons. The maximum absolute atomic E-state index is 11.7. The van der Waals surface area contributed by atoms with Crippen LogP contribution in [-0.4, -0.2) is 34.1 Å². The van der Waals surface area contributed by atoms with Crippen molar-refractivity contribution in [3.8, 4) is 0 Å². The maximum atomic E-state index is 11.7. The predicted octanol–water partition coefficient (Wildman–Crippen LogP) is 1.58. The Morgan fingerprint density at radius 1 is 1.26 bits per heavy atom. The zero-order valence-corrected chi connectivity index (χ0v) is 14.3. The van der Waals surface area contributed by atoms with Gasteiger partial charge in [-0.3, -0.25) is 14.9 Å². The molecule has 9 nitrogen and oxygen atoms in total. The van der Waals surface area contributed by atoms with Crippen LogP contribution in [0.2, 0.25) is 0 Å². The van der Waals surface area contributed by atoms with Crippen molar-refractivity contribution in [3.63, 3.8) is 0 Å². The summed E-state index contributed by atoms with van der Waals surface area (Å²) in [5, 5.41) is 14.8. The number of anilines is 1. The van der Waals surface area contributed by atoms with Gasteiger partial charge in [-0.05, 0) is 35.6 Å². The summed E-state index contributed by atoms with van der Waals surface area (Å²) in [5.41, 5.74) is 7.67.